The molecule has 3 aromatic rings. The Hall–Kier alpha value is -2.23. The van der Waals surface area contributed by atoms with Gasteiger partial charge in [0.05, 0.1) is 15.8 Å². The number of fused-ring (bicyclic) bond motifs is 1. The highest BCUT2D eigenvalue weighted by atomic mass is 32.2. The van der Waals surface area contributed by atoms with E-state index in [9.17, 15) is 18.0 Å². The van der Waals surface area contributed by atoms with E-state index in [0.717, 1.165) is 4.88 Å². The van der Waals surface area contributed by atoms with Crippen LogP contribution in [0.5, 0.6) is 0 Å². The highest BCUT2D eigenvalue weighted by Gasteiger charge is 2.15. The molecule has 0 radical (unpaired) electrons. The quantitative estimate of drug-likeness (QED) is 0.714. The Morgan fingerprint density at radius 3 is 2.78 bits per heavy atom. The maximum atomic E-state index is 12.3. The lowest BCUT2D eigenvalue weighted by Gasteiger charge is -2.06. The van der Waals surface area contributed by atoms with Gasteiger partial charge in [0.15, 0.2) is 0 Å². The van der Waals surface area contributed by atoms with Crippen molar-refractivity contribution in [1.29, 1.82) is 0 Å². The van der Waals surface area contributed by atoms with Crippen molar-refractivity contribution in [3.05, 3.63) is 61.6 Å². The van der Waals surface area contributed by atoms with Crippen molar-refractivity contribution >= 4 is 32.3 Å². The summed E-state index contributed by atoms with van der Waals surface area (Å²) in [5.74, 6) is -0.882. The molecule has 2 aromatic heterocycles. The second-order valence-electron chi connectivity index (χ2n) is 4.74. The van der Waals surface area contributed by atoms with Crippen LogP contribution in [0, 0.1) is 0 Å². The predicted octanol–water partition coefficient (Wildman–Crippen LogP) is 1.06. The van der Waals surface area contributed by atoms with Gasteiger partial charge in [-0.25, -0.2) is 22.7 Å². The normalized spacial score (nSPS) is 11.8. The molecule has 3 rings (SSSR count). The highest BCUT2D eigenvalue weighted by Crippen LogP contribution is 2.14. The first-order valence-electron chi connectivity index (χ1n) is 6.65. The number of sulfonamides is 1. The molecular weight excluding hydrogens is 340 g/mol. The van der Waals surface area contributed by atoms with E-state index in [1.165, 1.54) is 18.2 Å². The molecule has 9 heteroatoms. The average Bonchev–Trinajstić information content (AvgIpc) is 2.99. The van der Waals surface area contributed by atoms with E-state index in [1.54, 1.807) is 11.3 Å². The number of hydrogen-bond donors (Lipinski definition) is 2. The van der Waals surface area contributed by atoms with E-state index in [2.05, 4.69) is 14.1 Å². The van der Waals surface area contributed by atoms with Gasteiger partial charge in [-0.15, -0.1) is 11.3 Å². The minimum Gasteiger partial charge on any atom is -0.372 e. The van der Waals surface area contributed by atoms with Crippen molar-refractivity contribution in [2.45, 2.75) is 11.3 Å². The summed E-state index contributed by atoms with van der Waals surface area (Å²) in [5, 5.41) is 1.93. The molecule has 0 spiro atoms. The Balaban J connectivity index is 1.86. The summed E-state index contributed by atoms with van der Waals surface area (Å²) in [6.07, 6.45) is 0.583. The first kappa shape index (κ1) is 15.7. The van der Waals surface area contributed by atoms with Crippen molar-refractivity contribution in [3.63, 3.8) is 0 Å². The van der Waals surface area contributed by atoms with Crippen LogP contribution in [0.4, 0.5) is 0 Å². The number of H-pyrrole nitrogens is 1. The molecule has 1 aromatic carbocycles. The van der Waals surface area contributed by atoms with Gasteiger partial charge in [-0.05, 0) is 36.1 Å². The molecule has 0 unspecified atom stereocenters. The van der Waals surface area contributed by atoms with Crippen LogP contribution >= 0.6 is 11.3 Å². The van der Waals surface area contributed by atoms with Gasteiger partial charge >= 0.3 is 11.4 Å². The molecule has 23 heavy (non-hydrogen) atoms. The third kappa shape index (κ3) is 3.41. The molecule has 0 aliphatic rings. The molecule has 2 N–H and O–H groups in total. The Labute approximate surface area is 134 Å². The van der Waals surface area contributed by atoms with Crippen LogP contribution < -0.4 is 16.1 Å². The monoisotopic (exact) mass is 352 g/mol. The summed E-state index contributed by atoms with van der Waals surface area (Å²) in [6.45, 7) is 0.251. The van der Waals surface area contributed by atoms with Crippen molar-refractivity contribution < 1.29 is 12.8 Å². The van der Waals surface area contributed by atoms with Crippen LogP contribution in [-0.2, 0) is 16.4 Å². The van der Waals surface area contributed by atoms with Crippen LogP contribution in [0.25, 0.3) is 10.9 Å². The Kier molecular flexibility index (Phi) is 4.16. The van der Waals surface area contributed by atoms with Gasteiger partial charge in [0.1, 0.15) is 0 Å². The van der Waals surface area contributed by atoms with Gasteiger partial charge in [-0.1, -0.05) is 6.07 Å². The van der Waals surface area contributed by atoms with Crippen LogP contribution in [0.2, 0.25) is 0 Å². The minimum atomic E-state index is -3.75. The van der Waals surface area contributed by atoms with E-state index in [-0.39, 0.29) is 22.3 Å². The molecule has 0 saturated heterocycles. The van der Waals surface area contributed by atoms with Gasteiger partial charge in [-0.3, -0.25) is 4.98 Å². The van der Waals surface area contributed by atoms with Gasteiger partial charge in [0.2, 0.25) is 10.0 Å². The molecular formula is C14H12N2O5S2. The summed E-state index contributed by atoms with van der Waals surface area (Å²) < 4.78 is 31.4. The molecule has 0 bridgehead atoms. The fourth-order valence-electron chi connectivity index (χ4n) is 2.09. The second kappa shape index (κ2) is 6.11. The molecule has 120 valence electrons. The third-order valence-corrected chi connectivity index (χ3v) is 5.58. The smallest absolute Gasteiger partial charge is 0.372 e. The summed E-state index contributed by atoms with van der Waals surface area (Å²) in [4.78, 5) is 26.1. The van der Waals surface area contributed by atoms with Crippen molar-refractivity contribution in [3.8, 4) is 0 Å². The second-order valence-corrected chi connectivity index (χ2v) is 7.54. The maximum Gasteiger partial charge on any atom is 0.419 e. The van der Waals surface area contributed by atoms with Crippen LogP contribution in [0.3, 0.4) is 0 Å². The predicted molar refractivity (Wildman–Crippen MR) is 86.3 cm³/mol. The molecule has 0 aliphatic carbocycles. The zero-order valence-corrected chi connectivity index (χ0v) is 13.4. The third-order valence-electron chi connectivity index (χ3n) is 3.19. The van der Waals surface area contributed by atoms with E-state index >= 15 is 0 Å². The molecule has 0 amide bonds. The number of hydrogen-bond acceptors (Lipinski definition) is 6. The number of rotatable bonds is 5. The van der Waals surface area contributed by atoms with Crippen LogP contribution in [-0.4, -0.2) is 19.9 Å². The zero-order chi connectivity index (χ0) is 16.4. The van der Waals surface area contributed by atoms with Gasteiger partial charge < -0.3 is 4.42 Å². The van der Waals surface area contributed by atoms with Gasteiger partial charge in [0.25, 0.3) is 0 Å². The topological polar surface area (TPSA) is 109 Å². The lowest BCUT2D eigenvalue weighted by Crippen LogP contribution is -2.26. The number of aromatic nitrogens is 1. The van der Waals surface area contributed by atoms with E-state index in [4.69, 9.17) is 0 Å². The SMILES string of the molecule is O=c1[nH]c2ccc(S(=O)(=O)NCCc3cccs3)cc2c(=O)o1. The fraction of sp³-hybridized carbons (Fsp3) is 0.143. The first-order chi connectivity index (χ1) is 11.0. The van der Waals surface area contributed by atoms with Gasteiger partial charge in [0, 0.05) is 11.4 Å². The molecule has 0 fully saturated rings. The fourth-order valence-corrected chi connectivity index (χ4v) is 3.86. The van der Waals surface area contributed by atoms with Crippen molar-refractivity contribution in [1.82, 2.24) is 9.71 Å². The standard InChI is InChI=1S/C14H12N2O5S2/c17-13-11-8-10(3-4-12(11)16-14(18)21-13)23(19,20)15-6-5-9-2-1-7-22-9/h1-4,7-8,15H,5-6H2,(H,16,18). The maximum absolute atomic E-state index is 12.3. The van der Waals surface area contributed by atoms with Crippen LogP contribution in [0.15, 0.2) is 54.6 Å². The molecule has 0 saturated carbocycles. The summed E-state index contributed by atoms with van der Waals surface area (Å²) in [7, 11) is -3.75. The minimum absolute atomic E-state index is 0.00531. The Morgan fingerprint density at radius 2 is 2.04 bits per heavy atom. The summed E-state index contributed by atoms with van der Waals surface area (Å²) >= 11 is 1.55. The lowest BCUT2D eigenvalue weighted by molar-refractivity contribution is 0.460. The Bertz CT molecular complexity index is 1050. The largest absolute Gasteiger partial charge is 0.419 e. The van der Waals surface area contributed by atoms with E-state index in [0.29, 0.717) is 6.42 Å². The van der Waals surface area contributed by atoms with E-state index < -0.39 is 21.4 Å². The Morgan fingerprint density at radius 1 is 1.22 bits per heavy atom. The average molecular weight is 352 g/mol. The van der Waals surface area contributed by atoms with Crippen LogP contribution in [0.1, 0.15) is 4.88 Å². The lowest BCUT2D eigenvalue weighted by atomic mass is 10.2. The zero-order valence-electron chi connectivity index (χ0n) is 11.7. The number of benzene rings is 1. The highest BCUT2D eigenvalue weighted by molar-refractivity contribution is 7.89. The van der Waals surface area contributed by atoms with Crippen molar-refractivity contribution in [2.24, 2.45) is 0 Å². The molecule has 2 heterocycles. The van der Waals surface area contributed by atoms with E-state index in [1.807, 2.05) is 17.5 Å². The molecule has 0 aliphatic heterocycles. The number of nitrogens with one attached hydrogen (secondary N) is 2. The molecule has 7 nitrogen and oxygen atoms in total. The first-order valence-corrected chi connectivity index (χ1v) is 9.01. The summed E-state index contributed by atoms with van der Waals surface area (Å²) in [6, 6.07) is 7.70. The van der Waals surface area contributed by atoms with Crippen molar-refractivity contribution in [2.75, 3.05) is 6.54 Å². The summed E-state index contributed by atoms with van der Waals surface area (Å²) in [5.41, 5.74) is -0.650. The van der Waals surface area contributed by atoms with Gasteiger partial charge in [-0.2, -0.15) is 0 Å². The number of thiophene rings is 1. The molecule has 0 atom stereocenters. The number of aromatic amines is 1.